The first-order valence-electron chi connectivity index (χ1n) is 10.4. The Labute approximate surface area is 188 Å². The van der Waals surface area contributed by atoms with Crippen LogP contribution in [0.1, 0.15) is 11.3 Å². The maximum absolute atomic E-state index is 13.3. The summed E-state index contributed by atoms with van der Waals surface area (Å²) >= 11 is 0. The molecule has 33 heavy (non-hydrogen) atoms. The molecular weight excluding hydrogens is 421 g/mol. The predicted octanol–water partition coefficient (Wildman–Crippen LogP) is 3.82. The van der Waals surface area contributed by atoms with Gasteiger partial charge in [0.1, 0.15) is 18.7 Å². The number of amides is 1. The van der Waals surface area contributed by atoms with Crippen molar-refractivity contribution < 1.29 is 9.18 Å². The maximum atomic E-state index is 13.3. The fourth-order valence-corrected chi connectivity index (χ4v) is 3.76. The topological polar surface area (TPSA) is 90.5 Å². The third-order valence-corrected chi connectivity index (χ3v) is 5.23. The molecule has 1 amide bonds. The number of hydrogen-bond acceptors (Lipinski definition) is 5. The minimum Gasteiger partial charge on any atom is -0.292 e. The van der Waals surface area contributed by atoms with Crippen LogP contribution in [-0.4, -0.2) is 35.4 Å². The van der Waals surface area contributed by atoms with E-state index < -0.39 is 0 Å². The van der Waals surface area contributed by atoms with E-state index in [9.17, 15) is 9.18 Å². The number of nitrogens with zero attached hydrogens (tertiary/aromatic N) is 6. The zero-order chi connectivity index (χ0) is 22.8. The number of carbonyl (C=O) groups excluding carboxylic acids is 1. The third-order valence-electron chi connectivity index (χ3n) is 5.23. The first-order chi connectivity index (χ1) is 16.1. The molecule has 0 aliphatic heterocycles. The average Bonchev–Trinajstić information content (AvgIpc) is 3.38. The molecule has 0 aliphatic rings. The number of aromatic nitrogens is 6. The second-order valence-corrected chi connectivity index (χ2v) is 7.61. The van der Waals surface area contributed by atoms with Crippen LogP contribution in [0.3, 0.4) is 0 Å². The highest BCUT2D eigenvalue weighted by molar-refractivity contribution is 5.96. The van der Waals surface area contributed by atoms with Gasteiger partial charge in [-0.3, -0.25) is 10.1 Å². The van der Waals surface area contributed by atoms with Gasteiger partial charge in [-0.15, -0.1) is 5.10 Å². The lowest BCUT2D eigenvalue weighted by Gasteiger charge is -2.05. The van der Waals surface area contributed by atoms with Crippen molar-refractivity contribution in [3.63, 3.8) is 0 Å². The lowest BCUT2D eigenvalue weighted by atomic mass is 10.0. The summed E-state index contributed by atoms with van der Waals surface area (Å²) in [7, 11) is 0. The molecule has 5 rings (SSSR count). The second kappa shape index (κ2) is 8.62. The Morgan fingerprint density at radius 2 is 1.79 bits per heavy atom. The summed E-state index contributed by atoms with van der Waals surface area (Å²) in [5.41, 5.74) is 4.12. The Balaban J connectivity index is 1.34. The first kappa shape index (κ1) is 20.5. The number of aryl methyl sites for hydroxylation is 1. The Bertz CT molecular complexity index is 1420. The number of pyridine rings is 1. The van der Waals surface area contributed by atoms with E-state index in [0.29, 0.717) is 12.2 Å². The first-order valence-corrected chi connectivity index (χ1v) is 10.4. The minimum atomic E-state index is -0.314. The number of benzene rings is 2. The number of halogens is 1. The molecule has 0 saturated carbocycles. The normalized spacial score (nSPS) is 11.1. The summed E-state index contributed by atoms with van der Waals surface area (Å²) in [4.78, 5) is 21.3. The van der Waals surface area contributed by atoms with Crippen molar-refractivity contribution in [2.75, 3.05) is 5.32 Å². The monoisotopic (exact) mass is 441 g/mol. The van der Waals surface area contributed by atoms with Crippen LogP contribution >= 0.6 is 0 Å². The fourth-order valence-electron chi connectivity index (χ4n) is 3.76. The van der Waals surface area contributed by atoms with Crippen LogP contribution in [0.15, 0.2) is 73.2 Å². The van der Waals surface area contributed by atoms with Gasteiger partial charge in [-0.05, 0) is 41.8 Å². The Kier molecular flexibility index (Phi) is 5.35. The van der Waals surface area contributed by atoms with Gasteiger partial charge in [-0.2, -0.15) is 5.10 Å². The highest BCUT2D eigenvalue weighted by Crippen LogP contribution is 2.29. The van der Waals surface area contributed by atoms with Crippen molar-refractivity contribution in [3.8, 4) is 11.1 Å². The summed E-state index contributed by atoms with van der Waals surface area (Å²) in [6.07, 6.45) is 3.23. The van der Waals surface area contributed by atoms with Crippen LogP contribution < -0.4 is 5.32 Å². The summed E-state index contributed by atoms with van der Waals surface area (Å²) in [6.45, 7) is 2.37. The molecule has 164 valence electrons. The van der Waals surface area contributed by atoms with E-state index >= 15 is 0 Å². The van der Waals surface area contributed by atoms with Crippen LogP contribution in [0.5, 0.6) is 0 Å². The number of carbonyl (C=O) groups is 1. The predicted molar refractivity (Wildman–Crippen MR) is 122 cm³/mol. The molecule has 2 aromatic carbocycles. The molecule has 3 heterocycles. The van der Waals surface area contributed by atoms with Crippen LogP contribution in [0.25, 0.3) is 22.2 Å². The van der Waals surface area contributed by atoms with E-state index in [1.54, 1.807) is 34.0 Å². The van der Waals surface area contributed by atoms with E-state index in [4.69, 9.17) is 0 Å². The molecule has 0 unspecified atom stereocenters. The number of rotatable bonds is 6. The highest BCUT2D eigenvalue weighted by Gasteiger charge is 2.17. The van der Waals surface area contributed by atoms with Gasteiger partial charge in [0.2, 0.25) is 11.9 Å². The average molecular weight is 441 g/mol. The zero-order valence-corrected chi connectivity index (χ0v) is 17.8. The number of fused-ring (bicyclic) bond motifs is 1. The van der Waals surface area contributed by atoms with Gasteiger partial charge >= 0.3 is 0 Å². The quantitative estimate of drug-likeness (QED) is 0.433. The van der Waals surface area contributed by atoms with Crippen molar-refractivity contribution in [2.45, 2.75) is 20.0 Å². The number of nitrogens with one attached hydrogen (secondary N) is 1. The Morgan fingerprint density at radius 1 is 1.00 bits per heavy atom. The maximum Gasteiger partial charge on any atom is 0.248 e. The van der Waals surface area contributed by atoms with Crippen LogP contribution in [0.4, 0.5) is 10.3 Å². The highest BCUT2D eigenvalue weighted by atomic mass is 19.1. The van der Waals surface area contributed by atoms with Crippen molar-refractivity contribution in [1.82, 2.24) is 29.5 Å². The molecule has 0 radical (unpaired) electrons. The summed E-state index contributed by atoms with van der Waals surface area (Å²) in [5, 5.41) is 12.4. The molecule has 8 nitrogen and oxygen atoms in total. The second-order valence-electron chi connectivity index (χ2n) is 7.61. The van der Waals surface area contributed by atoms with Gasteiger partial charge < -0.3 is 0 Å². The van der Waals surface area contributed by atoms with Gasteiger partial charge in [-0.1, -0.05) is 42.5 Å². The van der Waals surface area contributed by atoms with Gasteiger partial charge in [0, 0.05) is 11.6 Å². The van der Waals surface area contributed by atoms with E-state index in [1.807, 2.05) is 43.3 Å². The zero-order valence-electron chi connectivity index (χ0n) is 17.8. The van der Waals surface area contributed by atoms with Gasteiger partial charge in [0.05, 0.1) is 12.2 Å². The fraction of sp³-hybridized carbons (Fsp3) is 0.125. The molecule has 0 saturated heterocycles. The molecule has 5 aromatic rings. The molecule has 0 aliphatic carbocycles. The Morgan fingerprint density at radius 3 is 2.58 bits per heavy atom. The summed E-state index contributed by atoms with van der Waals surface area (Å²) < 4.78 is 16.6. The largest absolute Gasteiger partial charge is 0.292 e. The van der Waals surface area contributed by atoms with Gasteiger partial charge in [-0.25, -0.2) is 23.7 Å². The summed E-state index contributed by atoms with van der Waals surface area (Å²) in [6, 6.07) is 18.0. The Hall–Kier alpha value is -4.40. The molecule has 0 atom stereocenters. The molecule has 9 heteroatoms. The molecule has 3 aromatic heterocycles. The molecule has 0 fully saturated rings. The van der Waals surface area contributed by atoms with Gasteiger partial charge in [0.15, 0.2) is 5.65 Å². The standard InChI is InChI=1S/C24H20FN7O/c1-16-22-20(18-7-9-19(25)10-8-18)11-12-26-23(22)32(29-16)14-21(33)28-24-27-15-31(30-24)13-17-5-3-2-4-6-17/h2-12,15H,13-14H2,1H3,(H,28,30,33). The van der Waals surface area contributed by atoms with Crippen LogP contribution in [0, 0.1) is 12.7 Å². The smallest absolute Gasteiger partial charge is 0.248 e. The SMILES string of the molecule is Cc1nn(CC(=O)Nc2ncn(Cc3ccccc3)n2)c2nccc(-c3ccc(F)cc3)c12. The minimum absolute atomic E-state index is 0.0442. The van der Waals surface area contributed by atoms with E-state index in [2.05, 4.69) is 25.5 Å². The van der Waals surface area contributed by atoms with E-state index in [1.165, 1.54) is 12.1 Å². The van der Waals surface area contributed by atoms with Crippen LogP contribution in [0.2, 0.25) is 0 Å². The van der Waals surface area contributed by atoms with E-state index in [0.717, 1.165) is 27.8 Å². The lowest BCUT2D eigenvalue weighted by Crippen LogP contribution is -2.20. The third kappa shape index (κ3) is 4.33. The number of hydrogen-bond donors (Lipinski definition) is 1. The van der Waals surface area contributed by atoms with Gasteiger partial charge in [0.25, 0.3) is 0 Å². The summed E-state index contributed by atoms with van der Waals surface area (Å²) in [5.74, 6) is -0.386. The van der Waals surface area contributed by atoms with Crippen molar-refractivity contribution in [1.29, 1.82) is 0 Å². The number of anilines is 1. The molecular formula is C24H20FN7O. The van der Waals surface area contributed by atoms with Crippen LogP contribution in [-0.2, 0) is 17.9 Å². The van der Waals surface area contributed by atoms with Crippen molar-refractivity contribution in [3.05, 3.63) is 90.3 Å². The molecule has 0 spiro atoms. The molecule has 0 bridgehead atoms. The van der Waals surface area contributed by atoms with E-state index in [-0.39, 0.29) is 24.2 Å². The lowest BCUT2D eigenvalue weighted by molar-refractivity contribution is -0.116. The molecule has 1 N–H and O–H groups in total. The van der Waals surface area contributed by atoms with Crippen molar-refractivity contribution >= 4 is 22.9 Å². The van der Waals surface area contributed by atoms with Crippen molar-refractivity contribution in [2.24, 2.45) is 0 Å².